The molecule has 1 aliphatic rings. The molecule has 0 N–H and O–H groups in total. The van der Waals surface area contributed by atoms with Gasteiger partial charge >= 0.3 is 0 Å². The molecular formula is C11H10F2OS. The molecule has 2 rings (SSSR count). The van der Waals surface area contributed by atoms with E-state index in [4.69, 9.17) is 0 Å². The number of thioether (sulfide) groups is 1. The van der Waals surface area contributed by atoms with Gasteiger partial charge in [0.2, 0.25) is 0 Å². The van der Waals surface area contributed by atoms with Crippen LogP contribution in [0.3, 0.4) is 0 Å². The Hall–Kier alpha value is -0.900. The minimum atomic E-state index is -0.748. The summed E-state index contributed by atoms with van der Waals surface area (Å²) in [5, 5.41) is 0. The Morgan fingerprint density at radius 2 is 2.07 bits per heavy atom. The van der Waals surface area contributed by atoms with E-state index in [1.165, 1.54) is 17.8 Å². The molecule has 0 aliphatic heterocycles. The highest BCUT2D eigenvalue weighted by molar-refractivity contribution is 7.98. The monoisotopic (exact) mass is 228 g/mol. The third-order valence-corrected chi connectivity index (χ3v) is 3.23. The van der Waals surface area contributed by atoms with Gasteiger partial charge in [-0.1, -0.05) is 0 Å². The number of hydrogen-bond acceptors (Lipinski definition) is 2. The van der Waals surface area contributed by atoms with E-state index in [9.17, 15) is 13.6 Å². The van der Waals surface area contributed by atoms with Crippen molar-refractivity contribution >= 4 is 17.5 Å². The van der Waals surface area contributed by atoms with Crippen molar-refractivity contribution in [2.75, 3.05) is 6.26 Å². The Bertz CT molecular complexity index is 413. The molecule has 0 atom stereocenters. The molecule has 1 nitrogen and oxygen atoms in total. The molecule has 80 valence electrons. The molecule has 0 amide bonds. The van der Waals surface area contributed by atoms with Crippen LogP contribution in [-0.4, -0.2) is 12.0 Å². The third kappa shape index (κ3) is 1.91. The Morgan fingerprint density at radius 3 is 2.60 bits per heavy atom. The van der Waals surface area contributed by atoms with Gasteiger partial charge in [0, 0.05) is 10.8 Å². The van der Waals surface area contributed by atoms with Crippen LogP contribution >= 0.6 is 11.8 Å². The van der Waals surface area contributed by atoms with Crippen LogP contribution in [0.4, 0.5) is 8.78 Å². The normalized spacial score (nSPS) is 15.4. The summed E-state index contributed by atoms with van der Waals surface area (Å²) in [4.78, 5) is 11.9. The molecule has 0 heterocycles. The summed E-state index contributed by atoms with van der Waals surface area (Å²) in [6, 6.07) is 2.52. The lowest BCUT2D eigenvalue weighted by atomic mass is 10.1. The summed E-state index contributed by atoms with van der Waals surface area (Å²) in [5.74, 6) is -2.01. The van der Waals surface area contributed by atoms with Crippen LogP contribution in [0.1, 0.15) is 23.2 Å². The van der Waals surface area contributed by atoms with E-state index in [0.29, 0.717) is 4.90 Å². The van der Waals surface area contributed by atoms with Crippen molar-refractivity contribution in [2.45, 2.75) is 17.7 Å². The maximum absolute atomic E-state index is 13.7. The highest BCUT2D eigenvalue weighted by Crippen LogP contribution is 2.35. The predicted molar refractivity (Wildman–Crippen MR) is 55.2 cm³/mol. The van der Waals surface area contributed by atoms with Crippen molar-refractivity contribution in [1.29, 1.82) is 0 Å². The van der Waals surface area contributed by atoms with E-state index < -0.39 is 11.6 Å². The first-order valence-corrected chi connectivity index (χ1v) is 5.94. The van der Waals surface area contributed by atoms with E-state index in [-0.39, 0.29) is 17.3 Å². The molecule has 0 bridgehead atoms. The van der Waals surface area contributed by atoms with Gasteiger partial charge < -0.3 is 0 Å². The van der Waals surface area contributed by atoms with Gasteiger partial charge in [0.25, 0.3) is 0 Å². The number of rotatable bonds is 3. The van der Waals surface area contributed by atoms with Crippen molar-refractivity contribution in [2.24, 2.45) is 5.92 Å². The first kappa shape index (κ1) is 10.6. The van der Waals surface area contributed by atoms with Gasteiger partial charge in [0.15, 0.2) is 11.6 Å². The lowest BCUT2D eigenvalue weighted by Gasteiger charge is -2.06. The van der Waals surface area contributed by atoms with E-state index in [1.807, 2.05) is 0 Å². The molecule has 0 unspecified atom stereocenters. The molecule has 0 radical (unpaired) electrons. The average Bonchev–Trinajstić information content (AvgIpc) is 3.01. The topological polar surface area (TPSA) is 17.1 Å². The third-order valence-electron chi connectivity index (χ3n) is 2.47. The summed E-state index contributed by atoms with van der Waals surface area (Å²) in [5.41, 5.74) is -0.357. The number of ketones is 1. The molecule has 1 aromatic carbocycles. The fourth-order valence-corrected chi connectivity index (χ4v) is 1.95. The Labute approximate surface area is 90.9 Å². The zero-order chi connectivity index (χ0) is 11.0. The van der Waals surface area contributed by atoms with Crippen molar-refractivity contribution in [3.8, 4) is 0 Å². The molecule has 4 heteroatoms. The van der Waals surface area contributed by atoms with E-state index in [0.717, 1.165) is 18.9 Å². The van der Waals surface area contributed by atoms with Crippen molar-refractivity contribution in [3.63, 3.8) is 0 Å². The summed E-state index contributed by atoms with van der Waals surface area (Å²) in [6.45, 7) is 0. The van der Waals surface area contributed by atoms with Crippen molar-refractivity contribution < 1.29 is 13.6 Å². The van der Waals surface area contributed by atoms with Gasteiger partial charge in [-0.15, -0.1) is 11.8 Å². The summed E-state index contributed by atoms with van der Waals surface area (Å²) in [7, 11) is 0. The Morgan fingerprint density at radius 1 is 1.40 bits per heavy atom. The maximum atomic E-state index is 13.7. The standard InChI is InChI=1S/C11H10F2OS/c1-15-8-5-4-7(12)9(10(8)13)11(14)6-2-3-6/h4-6H,2-3H2,1H3. The largest absolute Gasteiger partial charge is 0.294 e. The number of carbonyl (C=O) groups excluding carboxylic acids is 1. The van der Waals surface area contributed by atoms with Crippen LogP contribution in [-0.2, 0) is 0 Å². The highest BCUT2D eigenvalue weighted by Gasteiger charge is 2.34. The van der Waals surface area contributed by atoms with Gasteiger partial charge in [-0.2, -0.15) is 0 Å². The second-order valence-electron chi connectivity index (χ2n) is 3.58. The number of hydrogen-bond donors (Lipinski definition) is 0. The second-order valence-corrected chi connectivity index (χ2v) is 4.43. The molecule has 0 spiro atoms. The molecule has 1 aromatic rings. The van der Waals surface area contributed by atoms with E-state index in [1.54, 1.807) is 6.26 Å². The molecule has 1 aliphatic carbocycles. The summed E-state index contributed by atoms with van der Waals surface area (Å²) >= 11 is 1.17. The molecular weight excluding hydrogens is 218 g/mol. The van der Waals surface area contributed by atoms with Crippen LogP contribution in [0.15, 0.2) is 17.0 Å². The number of benzene rings is 1. The van der Waals surface area contributed by atoms with Gasteiger partial charge in [-0.25, -0.2) is 8.78 Å². The quantitative estimate of drug-likeness (QED) is 0.583. The van der Waals surface area contributed by atoms with Gasteiger partial charge in [-0.3, -0.25) is 4.79 Å². The Balaban J connectivity index is 2.47. The molecule has 1 fully saturated rings. The second kappa shape index (κ2) is 3.93. The van der Waals surface area contributed by atoms with Crippen LogP contribution in [0, 0.1) is 17.6 Å². The van der Waals surface area contributed by atoms with E-state index in [2.05, 4.69) is 0 Å². The minimum Gasteiger partial charge on any atom is -0.294 e. The van der Waals surface area contributed by atoms with Gasteiger partial charge in [0.1, 0.15) is 5.82 Å². The zero-order valence-corrected chi connectivity index (χ0v) is 9.04. The van der Waals surface area contributed by atoms with Crippen LogP contribution in [0.5, 0.6) is 0 Å². The van der Waals surface area contributed by atoms with Crippen LogP contribution in [0.25, 0.3) is 0 Å². The molecule has 0 aromatic heterocycles. The van der Waals surface area contributed by atoms with Crippen molar-refractivity contribution in [1.82, 2.24) is 0 Å². The van der Waals surface area contributed by atoms with Gasteiger partial charge in [0.05, 0.1) is 5.56 Å². The molecule has 1 saturated carbocycles. The molecule has 0 saturated heterocycles. The van der Waals surface area contributed by atoms with Crippen LogP contribution < -0.4 is 0 Å². The first-order chi connectivity index (χ1) is 7.15. The SMILES string of the molecule is CSc1ccc(F)c(C(=O)C2CC2)c1F. The predicted octanol–water partition coefficient (Wildman–Crippen LogP) is 3.28. The Kier molecular flexibility index (Phi) is 2.78. The minimum absolute atomic E-state index is 0.161. The number of halogens is 2. The lowest BCUT2D eigenvalue weighted by molar-refractivity contribution is 0.0958. The summed E-state index contributed by atoms with van der Waals surface area (Å²) in [6.07, 6.45) is 3.20. The van der Waals surface area contributed by atoms with Crippen LogP contribution in [0.2, 0.25) is 0 Å². The fourth-order valence-electron chi connectivity index (χ4n) is 1.47. The number of carbonyl (C=O) groups is 1. The molecule has 15 heavy (non-hydrogen) atoms. The first-order valence-electron chi connectivity index (χ1n) is 4.71. The lowest BCUT2D eigenvalue weighted by Crippen LogP contribution is -2.08. The highest BCUT2D eigenvalue weighted by atomic mass is 32.2. The smallest absolute Gasteiger partial charge is 0.171 e. The number of Topliss-reactive ketones (excluding diaryl/α,β-unsaturated/α-hetero) is 1. The maximum Gasteiger partial charge on any atom is 0.171 e. The summed E-state index contributed by atoms with van der Waals surface area (Å²) < 4.78 is 27.0. The van der Waals surface area contributed by atoms with Crippen molar-refractivity contribution in [3.05, 3.63) is 29.3 Å². The van der Waals surface area contributed by atoms with Gasteiger partial charge in [-0.05, 0) is 31.2 Å². The average molecular weight is 228 g/mol. The van der Waals surface area contributed by atoms with E-state index >= 15 is 0 Å². The fraction of sp³-hybridized carbons (Fsp3) is 0.364. The zero-order valence-electron chi connectivity index (χ0n) is 8.22.